The molecule has 1 aliphatic heterocycles. The van der Waals surface area contributed by atoms with Crippen LogP contribution >= 0.6 is 11.6 Å². The van der Waals surface area contributed by atoms with Gasteiger partial charge in [-0.25, -0.2) is 0 Å². The van der Waals surface area contributed by atoms with Crippen LogP contribution in [0.15, 0.2) is 54.7 Å². The summed E-state index contributed by atoms with van der Waals surface area (Å²) in [5.74, 6) is 0.117. The minimum absolute atomic E-state index is 0.117. The lowest BCUT2D eigenvalue weighted by Gasteiger charge is -2.41. The number of anilines is 2. The van der Waals surface area contributed by atoms with Crippen molar-refractivity contribution in [3.63, 3.8) is 0 Å². The van der Waals surface area contributed by atoms with Crippen LogP contribution in [0.2, 0.25) is 5.02 Å². The van der Waals surface area contributed by atoms with Crippen molar-refractivity contribution in [1.82, 2.24) is 4.98 Å². The average Bonchev–Trinajstić information content (AvgIpc) is 2.64. The predicted octanol–water partition coefficient (Wildman–Crippen LogP) is 5.92. The van der Waals surface area contributed by atoms with E-state index in [0.717, 1.165) is 45.7 Å². The standard InChI is InChI=1S/C22H21ClN2O/c1-3-11-22(2)13-17-18(23)8-6-10-20(17)25(21(22)26)16-12-15-7-4-5-9-19(15)24-14-16/h4-10,12,14H,3,11,13H2,1-2H3. The number of carbonyl (C=O) groups excluding carboxylic acids is 1. The van der Waals surface area contributed by atoms with Gasteiger partial charge < -0.3 is 0 Å². The highest BCUT2D eigenvalue weighted by Crippen LogP contribution is 2.46. The van der Waals surface area contributed by atoms with Gasteiger partial charge >= 0.3 is 0 Å². The van der Waals surface area contributed by atoms with Gasteiger partial charge in [0.05, 0.1) is 28.5 Å². The Labute approximate surface area is 158 Å². The molecule has 4 heteroatoms. The normalized spacial score (nSPS) is 19.7. The van der Waals surface area contributed by atoms with Crippen molar-refractivity contribution in [2.24, 2.45) is 5.41 Å². The van der Waals surface area contributed by atoms with Gasteiger partial charge in [-0.1, -0.05) is 56.1 Å². The van der Waals surface area contributed by atoms with Gasteiger partial charge in [0.1, 0.15) is 0 Å². The first kappa shape index (κ1) is 17.0. The number of benzene rings is 2. The van der Waals surface area contributed by atoms with E-state index in [1.807, 2.05) is 55.5 Å². The first-order chi connectivity index (χ1) is 12.5. The molecule has 4 rings (SSSR count). The van der Waals surface area contributed by atoms with Crippen molar-refractivity contribution >= 4 is 39.8 Å². The molecular formula is C22H21ClN2O. The Morgan fingerprint density at radius 3 is 2.81 bits per heavy atom. The number of carbonyl (C=O) groups is 1. The molecule has 0 bridgehead atoms. The van der Waals surface area contributed by atoms with Gasteiger partial charge in [-0.2, -0.15) is 0 Å². The van der Waals surface area contributed by atoms with Crippen LogP contribution in [0.1, 0.15) is 32.3 Å². The summed E-state index contributed by atoms with van der Waals surface area (Å²) in [5.41, 5.74) is 3.16. The van der Waals surface area contributed by atoms with Gasteiger partial charge in [-0.3, -0.25) is 14.7 Å². The number of nitrogens with zero attached hydrogens (tertiary/aromatic N) is 2. The van der Waals surface area contributed by atoms with Crippen LogP contribution < -0.4 is 4.90 Å². The molecule has 2 aromatic carbocycles. The number of hydrogen-bond donors (Lipinski definition) is 0. The molecule has 0 spiro atoms. The van der Waals surface area contributed by atoms with E-state index in [1.54, 1.807) is 11.1 Å². The van der Waals surface area contributed by atoms with Crippen LogP contribution in [0.3, 0.4) is 0 Å². The number of para-hydroxylation sites is 1. The molecule has 0 fully saturated rings. The molecule has 1 amide bonds. The van der Waals surface area contributed by atoms with Gasteiger partial charge in [0.25, 0.3) is 0 Å². The fourth-order valence-corrected chi connectivity index (χ4v) is 4.20. The lowest BCUT2D eigenvalue weighted by atomic mass is 9.75. The number of rotatable bonds is 3. The molecule has 3 aromatic rings. The smallest absolute Gasteiger partial charge is 0.237 e. The van der Waals surface area contributed by atoms with E-state index in [4.69, 9.17) is 11.6 Å². The van der Waals surface area contributed by atoms with E-state index in [-0.39, 0.29) is 5.91 Å². The number of aromatic nitrogens is 1. The zero-order valence-corrected chi connectivity index (χ0v) is 15.8. The molecule has 26 heavy (non-hydrogen) atoms. The molecule has 3 nitrogen and oxygen atoms in total. The van der Waals surface area contributed by atoms with E-state index in [1.165, 1.54) is 0 Å². The molecule has 1 unspecified atom stereocenters. The van der Waals surface area contributed by atoms with Crippen molar-refractivity contribution < 1.29 is 4.79 Å². The molecule has 0 saturated carbocycles. The minimum Gasteiger partial charge on any atom is -0.279 e. The maximum Gasteiger partial charge on any atom is 0.237 e. The third kappa shape index (κ3) is 2.67. The second-order valence-corrected chi connectivity index (χ2v) is 7.66. The number of amides is 1. The SMILES string of the molecule is CCCC1(C)Cc2c(Cl)cccc2N(c2cnc3ccccc3c2)C1=O. The van der Waals surface area contributed by atoms with Crippen LogP contribution in [0.25, 0.3) is 10.9 Å². The number of pyridine rings is 1. The molecule has 2 heterocycles. The first-order valence-corrected chi connectivity index (χ1v) is 9.38. The van der Waals surface area contributed by atoms with Crippen molar-refractivity contribution in [3.05, 3.63) is 65.3 Å². The Morgan fingerprint density at radius 1 is 1.19 bits per heavy atom. The summed E-state index contributed by atoms with van der Waals surface area (Å²) in [7, 11) is 0. The fourth-order valence-electron chi connectivity index (χ4n) is 3.96. The zero-order valence-electron chi connectivity index (χ0n) is 15.0. The van der Waals surface area contributed by atoms with Crippen LogP contribution in [-0.4, -0.2) is 10.9 Å². The Bertz CT molecular complexity index is 1000. The number of halogens is 1. The van der Waals surface area contributed by atoms with E-state index >= 15 is 0 Å². The Kier molecular flexibility index (Phi) is 4.20. The molecule has 132 valence electrons. The second-order valence-electron chi connectivity index (χ2n) is 7.25. The molecule has 0 N–H and O–H groups in total. The summed E-state index contributed by atoms with van der Waals surface area (Å²) in [6.45, 7) is 4.16. The highest BCUT2D eigenvalue weighted by atomic mass is 35.5. The monoisotopic (exact) mass is 364 g/mol. The van der Waals surface area contributed by atoms with Crippen molar-refractivity contribution in [2.75, 3.05) is 4.90 Å². The molecule has 0 saturated heterocycles. The van der Waals surface area contributed by atoms with Crippen molar-refractivity contribution in [1.29, 1.82) is 0 Å². The topological polar surface area (TPSA) is 33.2 Å². The van der Waals surface area contributed by atoms with Gasteiger partial charge in [0.2, 0.25) is 5.91 Å². The highest BCUT2D eigenvalue weighted by molar-refractivity contribution is 6.32. The molecule has 0 radical (unpaired) electrons. The number of fused-ring (bicyclic) bond motifs is 2. The Balaban J connectivity index is 1.92. The second kappa shape index (κ2) is 6.40. The van der Waals surface area contributed by atoms with Gasteiger partial charge in [0.15, 0.2) is 0 Å². The minimum atomic E-state index is -0.460. The maximum absolute atomic E-state index is 13.5. The lowest BCUT2D eigenvalue weighted by molar-refractivity contribution is -0.127. The molecule has 0 aliphatic carbocycles. The summed E-state index contributed by atoms with van der Waals surface area (Å²) in [5, 5.41) is 1.74. The Morgan fingerprint density at radius 2 is 2.00 bits per heavy atom. The van der Waals surface area contributed by atoms with E-state index in [9.17, 15) is 4.79 Å². The molecular weight excluding hydrogens is 344 g/mol. The van der Waals surface area contributed by atoms with Crippen LogP contribution in [0, 0.1) is 5.41 Å². The Hall–Kier alpha value is -2.39. The quantitative estimate of drug-likeness (QED) is 0.578. The van der Waals surface area contributed by atoms with Gasteiger partial charge in [-0.05, 0) is 42.7 Å². The third-order valence-electron chi connectivity index (χ3n) is 5.26. The van der Waals surface area contributed by atoms with E-state index in [2.05, 4.69) is 11.9 Å². The average molecular weight is 365 g/mol. The van der Waals surface area contributed by atoms with Crippen LogP contribution in [0.5, 0.6) is 0 Å². The third-order valence-corrected chi connectivity index (χ3v) is 5.61. The van der Waals surface area contributed by atoms with Crippen LogP contribution in [0.4, 0.5) is 11.4 Å². The van der Waals surface area contributed by atoms with Crippen molar-refractivity contribution in [3.8, 4) is 0 Å². The molecule has 1 aromatic heterocycles. The fraction of sp³-hybridized carbons (Fsp3) is 0.273. The van der Waals surface area contributed by atoms with Gasteiger partial charge in [-0.15, -0.1) is 0 Å². The summed E-state index contributed by atoms with van der Waals surface area (Å²) in [6, 6.07) is 15.8. The summed E-state index contributed by atoms with van der Waals surface area (Å²) in [4.78, 5) is 19.9. The van der Waals surface area contributed by atoms with Crippen LogP contribution in [-0.2, 0) is 11.2 Å². The lowest BCUT2D eigenvalue weighted by Crippen LogP contribution is -2.45. The maximum atomic E-state index is 13.5. The van der Waals surface area contributed by atoms with E-state index in [0.29, 0.717) is 6.42 Å². The molecule has 1 atom stereocenters. The molecule has 1 aliphatic rings. The van der Waals surface area contributed by atoms with Crippen molar-refractivity contribution in [2.45, 2.75) is 33.1 Å². The van der Waals surface area contributed by atoms with Gasteiger partial charge in [0, 0.05) is 10.4 Å². The van der Waals surface area contributed by atoms with E-state index < -0.39 is 5.41 Å². The zero-order chi connectivity index (χ0) is 18.3. The highest BCUT2D eigenvalue weighted by Gasteiger charge is 2.43. The summed E-state index contributed by atoms with van der Waals surface area (Å²) >= 11 is 6.51. The number of hydrogen-bond acceptors (Lipinski definition) is 2. The summed E-state index contributed by atoms with van der Waals surface area (Å²) in [6.07, 6.45) is 4.23. The first-order valence-electron chi connectivity index (χ1n) is 9.00. The predicted molar refractivity (Wildman–Crippen MR) is 107 cm³/mol. The largest absolute Gasteiger partial charge is 0.279 e. The summed E-state index contributed by atoms with van der Waals surface area (Å²) < 4.78 is 0.